The lowest BCUT2D eigenvalue weighted by atomic mass is 10.1. The molecular formula is C23H26ClN5O2S. The van der Waals surface area contributed by atoms with E-state index in [4.69, 9.17) is 11.6 Å². The highest BCUT2D eigenvalue weighted by atomic mass is 35.5. The van der Waals surface area contributed by atoms with E-state index in [9.17, 15) is 9.59 Å². The number of likely N-dealkylation sites (N-methyl/N-ethyl adjacent to an activating group) is 1. The largest absolute Gasteiger partial charge is 0.351 e. The molecule has 1 aromatic carbocycles. The van der Waals surface area contributed by atoms with Crippen LogP contribution < -0.4 is 10.6 Å². The molecule has 3 N–H and O–H groups in total. The number of H-pyrrole nitrogens is 1. The van der Waals surface area contributed by atoms with E-state index in [0.717, 1.165) is 61.9 Å². The van der Waals surface area contributed by atoms with Crippen molar-refractivity contribution < 1.29 is 9.59 Å². The number of carbonyl (C=O) groups is 2. The first kappa shape index (κ1) is 21.4. The second kappa shape index (κ2) is 8.84. The van der Waals surface area contributed by atoms with Crippen LogP contribution in [0.25, 0.3) is 10.9 Å². The Bertz CT molecular complexity index is 1170. The molecule has 0 saturated heterocycles. The van der Waals surface area contributed by atoms with Gasteiger partial charge in [0, 0.05) is 52.4 Å². The molecule has 168 valence electrons. The number of hydrogen-bond donors (Lipinski definition) is 3. The summed E-state index contributed by atoms with van der Waals surface area (Å²) in [6, 6.07) is 7.08. The molecule has 0 radical (unpaired) electrons. The number of rotatable bonds is 5. The lowest BCUT2D eigenvalue weighted by Crippen LogP contribution is -2.48. The summed E-state index contributed by atoms with van der Waals surface area (Å²) >= 11 is 7.54. The number of benzene rings is 1. The molecule has 1 aliphatic heterocycles. The van der Waals surface area contributed by atoms with Crippen molar-refractivity contribution >= 4 is 45.7 Å². The average molecular weight is 472 g/mol. The van der Waals surface area contributed by atoms with Crippen molar-refractivity contribution in [3.8, 4) is 0 Å². The molecule has 0 bridgehead atoms. The molecule has 2 atom stereocenters. The topological polar surface area (TPSA) is 90.1 Å². The molecule has 7 nitrogen and oxygen atoms in total. The van der Waals surface area contributed by atoms with Gasteiger partial charge in [-0.1, -0.05) is 18.5 Å². The van der Waals surface area contributed by atoms with E-state index in [0.29, 0.717) is 15.7 Å². The molecule has 0 spiro atoms. The number of hydrogen-bond acceptors (Lipinski definition) is 5. The molecule has 1 fully saturated rings. The zero-order valence-corrected chi connectivity index (χ0v) is 19.5. The van der Waals surface area contributed by atoms with E-state index in [-0.39, 0.29) is 23.9 Å². The summed E-state index contributed by atoms with van der Waals surface area (Å²) in [6.45, 7) is 5.02. The summed E-state index contributed by atoms with van der Waals surface area (Å²) in [5.74, 6) is -0.313. The third-order valence-electron chi connectivity index (χ3n) is 6.43. The SMILES string of the molecule is CCN1CCc2nc(C(=O)N[C@@H]3CCC[C@H]3NC(=O)c3cc4cc(Cl)ccc4[nH]3)sc2C1. The number of fused-ring (bicyclic) bond motifs is 2. The first-order chi connectivity index (χ1) is 15.5. The number of aromatic nitrogens is 2. The van der Waals surface area contributed by atoms with Crippen molar-refractivity contribution in [2.45, 2.75) is 51.2 Å². The minimum absolute atomic E-state index is 0.0988. The first-order valence-corrected chi connectivity index (χ1v) is 12.3. The van der Waals surface area contributed by atoms with Gasteiger partial charge in [0.25, 0.3) is 11.8 Å². The van der Waals surface area contributed by atoms with Gasteiger partial charge in [0.15, 0.2) is 5.01 Å². The fourth-order valence-corrected chi connectivity index (χ4v) is 5.86. The third kappa shape index (κ3) is 4.27. The van der Waals surface area contributed by atoms with Gasteiger partial charge in [-0.15, -0.1) is 11.3 Å². The molecule has 3 heterocycles. The van der Waals surface area contributed by atoms with Crippen LogP contribution in [0.5, 0.6) is 0 Å². The molecule has 2 aliphatic rings. The monoisotopic (exact) mass is 471 g/mol. The zero-order valence-electron chi connectivity index (χ0n) is 17.9. The normalized spacial score (nSPS) is 20.9. The minimum Gasteiger partial charge on any atom is -0.351 e. The Labute approximate surface area is 195 Å². The van der Waals surface area contributed by atoms with Crippen molar-refractivity contribution in [2.24, 2.45) is 0 Å². The predicted octanol–water partition coefficient (Wildman–Crippen LogP) is 3.74. The molecule has 32 heavy (non-hydrogen) atoms. The summed E-state index contributed by atoms with van der Waals surface area (Å²) in [7, 11) is 0. The summed E-state index contributed by atoms with van der Waals surface area (Å²) in [5, 5.41) is 8.28. The summed E-state index contributed by atoms with van der Waals surface area (Å²) < 4.78 is 0. The van der Waals surface area contributed by atoms with Crippen LogP contribution in [0.3, 0.4) is 0 Å². The Morgan fingerprint density at radius 2 is 2.00 bits per heavy atom. The van der Waals surface area contributed by atoms with Crippen LogP contribution in [0.2, 0.25) is 5.02 Å². The van der Waals surface area contributed by atoms with Crippen molar-refractivity contribution in [2.75, 3.05) is 13.1 Å². The molecule has 0 unspecified atom stereocenters. The van der Waals surface area contributed by atoms with Crippen LogP contribution in [-0.4, -0.2) is 51.9 Å². The molecule has 9 heteroatoms. The maximum absolute atomic E-state index is 12.9. The average Bonchev–Trinajstić information content (AvgIpc) is 3.51. The van der Waals surface area contributed by atoms with Gasteiger partial charge < -0.3 is 15.6 Å². The maximum atomic E-state index is 12.9. The van der Waals surface area contributed by atoms with E-state index < -0.39 is 0 Å². The van der Waals surface area contributed by atoms with Gasteiger partial charge in [-0.3, -0.25) is 14.5 Å². The number of nitrogens with one attached hydrogen (secondary N) is 3. The molecular weight excluding hydrogens is 446 g/mol. The minimum atomic E-state index is -0.173. The van der Waals surface area contributed by atoms with Gasteiger partial charge in [0.05, 0.1) is 5.69 Å². The Hall–Kier alpha value is -2.42. The van der Waals surface area contributed by atoms with Crippen molar-refractivity contribution in [3.63, 3.8) is 0 Å². The van der Waals surface area contributed by atoms with Crippen LogP contribution in [0.4, 0.5) is 0 Å². The Morgan fingerprint density at radius 1 is 1.22 bits per heavy atom. The Kier molecular flexibility index (Phi) is 5.92. The van der Waals surface area contributed by atoms with Gasteiger partial charge >= 0.3 is 0 Å². The lowest BCUT2D eigenvalue weighted by molar-refractivity contribution is 0.0889. The fraction of sp³-hybridized carbons (Fsp3) is 0.435. The Balaban J connectivity index is 1.24. The predicted molar refractivity (Wildman–Crippen MR) is 126 cm³/mol. The maximum Gasteiger partial charge on any atom is 0.280 e. The highest BCUT2D eigenvalue weighted by molar-refractivity contribution is 7.13. The van der Waals surface area contributed by atoms with E-state index in [1.54, 1.807) is 12.1 Å². The van der Waals surface area contributed by atoms with Crippen LogP contribution in [0.1, 0.15) is 57.0 Å². The first-order valence-electron chi connectivity index (χ1n) is 11.1. The smallest absolute Gasteiger partial charge is 0.280 e. The van der Waals surface area contributed by atoms with Crippen molar-refractivity contribution in [1.29, 1.82) is 0 Å². The molecule has 1 saturated carbocycles. The van der Waals surface area contributed by atoms with Gasteiger partial charge in [-0.05, 0) is 50.1 Å². The van der Waals surface area contributed by atoms with Crippen LogP contribution in [0.15, 0.2) is 24.3 Å². The number of aromatic amines is 1. The number of carbonyl (C=O) groups excluding carboxylic acids is 2. The standard InChI is InChI=1S/C23H26ClN5O2S/c1-2-29-9-8-18-20(12-29)32-23(28-18)22(31)27-17-5-3-4-16(17)26-21(30)19-11-13-10-14(24)6-7-15(13)25-19/h6-7,10-11,16-17,25H,2-5,8-9,12H2,1H3,(H,26,30)(H,27,31)/t16-,17-/m1/s1. The van der Waals surface area contributed by atoms with E-state index >= 15 is 0 Å². The quantitative estimate of drug-likeness (QED) is 0.528. The van der Waals surface area contributed by atoms with Crippen LogP contribution in [0, 0.1) is 0 Å². The lowest BCUT2D eigenvalue weighted by Gasteiger charge is -2.23. The van der Waals surface area contributed by atoms with Gasteiger partial charge in [0.2, 0.25) is 0 Å². The molecule has 1 aliphatic carbocycles. The summed E-state index contributed by atoms with van der Waals surface area (Å²) in [5.41, 5.74) is 2.41. The number of halogens is 1. The zero-order chi connectivity index (χ0) is 22.2. The highest BCUT2D eigenvalue weighted by Gasteiger charge is 2.32. The highest BCUT2D eigenvalue weighted by Crippen LogP contribution is 2.26. The second-order valence-corrected chi connectivity index (χ2v) is 10.0. The number of amides is 2. The fourth-order valence-electron chi connectivity index (χ4n) is 4.62. The number of thiazole rings is 1. The second-order valence-electron chi connectivity index (χ2n) is 8.51. The van der Waals surface area contributed by atoms with Gasteiger partial charge in [0.1, 0.15) is 5.69 Å². The Morgan fingerprint density at radius 3 is 2.78 bits per heavy atom. The van der Waals surface area contributed by atoms with E-state index in [1.165, 1.54) is 16.2 Å². The molecule has 5 rings (SSSR count). The third-order valence-corrected chi connectivity index (χ3v) is 7.74. The van der Waals surface area contributed by atoms with Crippen LogP contribution >= 0.6 is 22.9 Å². The molecule has 3 aromatic rings. The van der Waals surface area contributed by atoms with Crippen molar-refractivity contribution in [1.82, 2.24) is 25.5 Å². The van der Waals surface area contributed by atoms with E-state index in [1.807, 2.05) is 12.1 Å². The summed E-state index contributed by atoms with van der Waals surface area (Å²) in [6.07, 6.45) is 3.53. The van der Waals surface area contributed by atoms with E-state index in [2.05, 4.69) is 32.4 Å². The van der Waals surface area contributed by atoms with Crippen molar-refractivity contribution in [3.05, 3.63) is 50.6 Å². The van der Waals surface area contributed by atoms with Gasteiger partial charge in [-0.25, -0.2) is 4.98 Å². The summed E-state index contributed by atoms with van der Waals surface area (Å²) in [4.78, 5) is 37.1. The van der Waals surface area contributed by atoms with Gasteiger partial charge in [-0.2, -0.15) is 0 Å². The molecule has 2 amide bonds. The molecule has 2 aromatic heterocycles. The van der Waals surface area contributed by atoms with Crippen LogP contribution in [-0.2, 0) is 13.0 Å². The number of nitrogens with zero attached hydrogens (tertiary/aromatic N) is 2.